The maximum atomic E-state index is 13.7. The predicted octanol–water partition coefficient (Wildman–Crippen LogP) is 7.37. The van der Waals surface area contributed by atoms with E-state index in [1.54, 1.807) is 19.1 Å². The second kappa shape index (κ2) is 12.0. The molecule has 1 aliphatic rings. The highest BCUT2D eigenvalue weighted by Gasteiger charge is 2.35. The van der Waals surface area contributed by atoms with Crippen molar-refractivity contribution in [2.24, 2.45) is 4.99 Å². The molecule has 4 rings (SSSR count). The first-order valence-corrected chi connectivity index (χ1v) is 13.2. The summed E-state index contributed by atoms with van der Waals surface area (Å²) in [5.74, 6) is 1.17. The van der Waals surface area contributed by atoms with Gasteiger partial charge in [0.1, 0.15) is 0 Å². The van der Waals surface area contributed by atoms with Crippen LogP contribution in [0.2, 0.25) is 0 Å². The summed E-state index contributed by atoms with van der Waals surface area (Å²) in [7, 11) is 3.23. The second-order valence-corrected chi connectivity index (χ2v) is 9.60. The number of ether oxygens (including phenoxy) is 2. The first-order chi connectivity index (χ1) is 18.0. The number of amides is 1. The Morgan fingerprint density at radius 1 is 0.946 bits per heavy atom. The second-order valence-electron chi connectivity index (χ2n) is 8.59. The highest BCUT2D eigenvalue weighted by molar-refractivity contribution is 8.19. The van der Waals surface area contributed by atoms with E-state index in [1.807, 2.05) is 48.6 Å². The maximum absolute atomic E-state index is 13.7. The van der Waals surface area contributed by atoms with Gasteiger partial charge in [0, 0.05) is 5.56 Å². The van der Waals surface area contributed by atoms with Crippen molar-refractivity contribution in [2.45, 2.75) is 33.1 Å². The summed E-state index contributed by atoms with van der Waals surface area (Å²) in [6.45, 7) is 8.10. The fourth-order valence-corrected chi connectivity index (χ4v) is 5.18. The molecule has 5 nitrogen and oxygen atoms in total. The zero-order valence-corrected chi connectivity index (χ0v) is 22.6. The third-order valence-electron chi connectivity index (χ3n) is 6.22. The molecule has 0 atom stereocenters. The van der Waals surface area contributed by atoms with Crippen LogP contribution in [0.3, 0.4) is 0 Å². The van der Waals surface area contributed by atoms with Gasteiger partial charge in [-0.25, -0.2) is 4.99 Å². The number of rotatable bonds is 9. The van der Waals surface area contributed by atoms with E-state index in [1.165, 1.54) is 22.9 Å². The first-order valence-electron chi connectivity index (χ1n) is 12.4. The number of nitrogens with zero attached hydrogens (tertiary/aromatic N) is 2. The van der Waals surface area contributed by atoms with Gasteiger partial charge >= 0.3 is 0 Å². The summed E-state index contributed by atoms with van der Waals surface area (Å²) in [4.78, 5) is 20.9. The van der Waals surface area contributed by atoms with Crippen molar-refractivity contribution in [2.75, 3.05) is 19.1 Å². The van der Waals surface area contributed by atoms with E-state index in [2.05, 4.69) is 44.7 Å². The zero-order valence-electron chi connectivity index (χ0n) is 21.8. The predicted molar refractivity (Wildman–Crippen MR) is 155 cm³/mol. The minimum absolute atomic E-state index is 0.113. The molecule has 0 spiro atoms. The SMILES string of the molecule is C=CCc1cc(/C=C2\SC(=Nc3ccc(CC)cc3)N(c3ccc(CC)cc3)C2=O)cc(OC)c1OC. The van der Waals surface area contributed by atoms with Crippen LogP contribution in [0.25, 0.3) is 6.08 Å². The average molecular weight is 513 g/mol. The molecule has 3 aromatic carbocycles. The van der Waals surface area contributed by atoms with Crippen LogP contribution in [0.4, 0.5) is 11.4 Å². The Kier molecular flexibility index (Phi) is 8.51. The molecule has 1 fully saturated rings. The Morgan fingerprint density at radius 2 is 1.59 bits per heavy atom. The molecule has 0 unspecified atom stereocenters. The third-order valence-corrected chi connectivity index (χ3v) is 7.19. The number of methoxy groups -OCH3 is 2. The molecule has 1 amide bonds. The summed E-state index contributed by atoms with van der Waals surface area (Å²) < 4.78 is 11.1. The van der Waals surface area contributed by atoms with Gasteiger partial charge < -0.3 is 9.47 Å². The van der Waals surface area contributed by atoms with Gasteiger partial charge in [-0.15, -0.1) is 6.58 Å². The molecule has 3 aromatic rings. The fourth-order valence-electron chi connectivity index (χ4n) is 4.18. The highest BCUT2D eigenvalue weighted by Crippen LogP contribution is 2.39. The molecule has 0 radical (unpaired) electrons. The van der Waals surface area contributed by atoms with Crippen LogP contribution >= 0.6 is 11.8 Å². The molecule has 0 bridgehead atoms. The molecule has 0 aromatic heterocycles. The lowest BCUT2D eigenvalue weighted by molar-refractivity contribution is -0.113. The number of aryl methyl sites for hydroxylation is 2. The minimum Gasteiger partial charge on any atom is -0.493 e. The number of carbonyl (C=O) groups excluding carboxylic acids is 1. The van der Waals surface area contributed by atoms with E-state index in [-0.39, 0.29) is 5.91 Å². The summed E-state index contributed by atoms with van der Waals surface area (Å²) in [5.41, 5.74) is 5.85. The molecule has 0 aliphatic carbocycles. The molecular weight excluding hydrogens is 480 g/mol. The van der Waals surface area contributed by atoms with Gasteiger partial charge in [0.05, 0.1) is 30.5 Å². The lowest BCUT2D eigenvalue weighted by Gasteiger charge is -2.16. The largest absolute Gasteiger partial charge is 0.493 e. The lowest BCUT2D eigenvalue weighted by Crippen LogP contribution is -2.28. The standard InChI is InChI=1S/C31H32N2O3S/c1-6-9-24-18-23(19-27(35-4)29(24)36-5)20-28-30(34)33(26-16-12-22(8-3)13-17-26)31(37-28)32-25-14-10-21(7-2)11-15-25/h6,10-20H,1,7-9H2,2-5H3/b28-20-,32-31?. The van der Waals surface area contributed by atoms with Gasteiger partial charge in [-0.1, -0.05) is 44.2 Å². The number of allylic oxidation sites excluding steroid dienone is 1. The number of anilines is 1. The first kappa shape index (κ1) is 26.3. The molecule has 1 heterocycles. The molecule has 37 heavy (non-hydrogen) atoms. The highest BCUT2D eigenvalue weighted by atomic mass is 32.2. The van der Waals surface area contributed by atoms with Gasteiger partial charge in [-0.2, -0.15) is 0 Å². The number of aliphatic imine (C=N–C) groups is 1. The van der Waals surface area contributed by atoms with Crippen LogP contribution < -0.4 is 14.4 Å². The minimum atomic E-state index is -0.113. The van der Waals surface area contributed by atoms with Crippen molar-refractivity contribution in [3.63, 3.8) is 0 Å². The monoisotopic (exact) mass is 512 g/mol. The number of benzene rings is 3. The molecule has 1 saturated heterocycles. The Balaban J connectivity index is 1.78. The van der Waals surface area contributed by atoms with Crippen molar-refractivity contribution >= 4 is 40.3 Å². The summed E-state index contributed by atoms with van der Waals surface area (Å²) in [5, 5.41) is 0.622. The van der Waals surface area contributed by atoms with Crippen LogP contribution in [0.1, 0.15) is 36.1 Å². The number of hydrogen-bond acceptors (Lipinski definition) is 5. The number of thioether (sulfide) groups is 1. The molecule has 6 heteroatoms. The van der Waals surface area contributed by atoms with Crippen molar-refractivity contribution < 1.29 is 14.3 Å². The number of carbonyl (C=O) groups is 1. The van der Waals surface area contributed by atoms with Crippen LogP contribution in [-0.4, -0.2) is 25.3 Å². The topological polar surface area (TPSA) is 51.1 Å². The van der Waals surface area contributed by atoms with Gasteiger partial charge in [-0.3, -0.25) is 9.69 Å². The third kappa shape index (κ3) is 5.81. The van der Waals surface area contributed by atoms with Crippen molar-refractivity contribution in [1.29, 1.82) is 0 Å². The molecule has 1 aliphatic heterocycles. The van der Waals surface area contributed by atoms with Crippen molar-refractivity contribution in [1.82, 2.24) is 0 Å². The zero-order chi connectivity index (χ0) is 26.4. The Hall–Kier alpha value is -3.77. The molecule has 190 valence electrons. The maximum Gasteiger partial charge on any atom is 0.271 e. The van der Waals surface area contributed by atoms with E-state index in [4.69, 9.17) is 14.5 Å². The summed E-state index contributed by atoms with van der Waals surface area (Å²) >= 11 is 1.37. The molecule has 0 N–H and O–H groups in total. The summed E-state index contributed by atoms with van der Waals surface area (Å²) in [6, 6.07) is 20.1. The fraction of sp³-hybridized carbons (Fsp3) is 0.226. The van der Waals surface area contributed by atoms with Crippen molar-refractivity contribution in [3.05, 3.63) is 100 Å². The van der Waals surface area contributed by atoms with Gasteiger partial charge in [0.15, 0.2) is 16.7 Å². The van der Waals surface area contributed by atoms with Gasteiger partial charge in [0.2, 0.25) is 0 Å². The normalized spacial score (nSPS) is 15.5. The Bertz CT molecular complexity index is 1340. The van der Waals surface area contributed by atoms with Crippen LogP contribution in [-0.2, 0) is 24.1 Å². The van der Waals surface area contributed by atoms with Crippen LogP contribution in [0, 0.1) is 0 Å². The van der Waals surface area contributed by atoms with Crippen molar-refractivity contribution in [3.8, 4) is 11.5 Å². The summed E-state index contributed by atoms with van der Waals surface area (Å²) in [6.07, 6.45) is 6.23. The van der Waals surface area contributed by atoms with E-state index in [9.17, 15) is 4.79 Å². The van der Waals surface area contributed by atoms with Crippen LogP contribution in [0.15, 0.2) is 83.2 Å². The number of hydrogen-bond donors (Lipinski definition) is 0. The number of amidine groups is 1. The van der Waals surface area contributed by atoms with E-state index in [0.717, 1.165) is 35.3 Å². The average Bonchev–Trinajstić information content (AvgIpc) is 3.22. The molecular formula is C31H32N2O3S. The molecule has 0 saturated carbocycles. The Labute approximate surface area is 223 Å². The van der Waals surface area contributed by atoms with Crippen LogP contribution in [0.5, 0.6) is 11.5 Å². The van der Waals surface area contributed by atoms with Gasteiger partial charge in [-0.05, 0) is 90.2 Å². The quantitative estimate of drug-likeness (QED) is 0.222. The Morgan fingerprint density at radius 3 is 2.16 bits per heavy atom. The lowest BCUT2D eigenvalue weighted by atomic mass is 10.0. The van der Waals surface area contributed by atoms with E-state index < -0.39 is 0 Å². The van der Waals surface area contributed by atoms with E-state index in [0.29, 0.717) is 28.0 Å². The smallest absolute Gasteiger partial charge is 0.271 e. The van der Waals surface area contributed by atoms with Gasteiger partial charge in [0.25, 0.3) is 5.91 Å². The van der Waals surface area contributed by atoms with E-state index >= 15 is 0 Å².